The fraction of sp³-hybridized carbons (Fsp3) is 0.455. The molecule has 0 saturated carbocycles. The van der Waals surface area contributed by atoms with E-state index < -0.39 is 0 Å². The van der Waals surface area contributed by atoms with Gasteiger partial charge in [0.1, 0.15) is 11.6 Å². The molecular formula is C11H15FO. The average molecular weight is 182 g/mol. The van der Waals surface area contributed by atoms with Crippen LogP contribution in [-0.4, -0.2) is 6.61 Å². The molecule has 0 fully saturated rings. The molecule has 0 aliphatic carbocycles. The molecule has 0 aliphatic rings. The lowest BCUT2D eigenvalue weighted by molar-refractivity contribution is 0.334. The summed E-state index contributed by atoms with van der Waals surface area (Å²) < 4.78 is 18.3. The Bertz CT molecular complexity index is 281. The molecule has 0 bridgehead atoms. The van der Waals surface area contributed by atoms with Crippen LogP contribution in [0.4, 0.5) is 4.39 Å². The predicted molar refractivity (Wildman–Crippen MR) is 51.7 cm³/mol. The van der Waals surface area contributed by atoms with Crippen molar-refractivity contribution in [2.24, 2.45) is 0 Å². The van der Waals surface area contributed by atoms with Crippen LogP contribution < -0.4 is 4.74 Å². The summed E-state index contributed by atoms with van der Waals surface area (Å²) in [7, 11) is 0. The Balaban J connectivity index is 3.03. The quantitative estimate of drug-likeness (QED) is 0.696. The lowest BCUT2D eigenvalue weighted by Gasteiger charge is -2.12. The van der Waals surface area contributed by atoms with E-state index in [1.54, 1.807) is 6.07 Å². The Morgan fingerprint density at radius 1 is 1.38 bits per heavy atom. The lowest BCUT2D eigenvalue weighted by Crippen LogP contribution is -1.98. The number of ether oxygens (including phenoxy) is 1. The fourth-order valence-electron chi connectivity index (χ4n) is 1.26. The van der Waals surface area contributed by atoms with E-state index in [1.807, 2.05) is 20.8 Å². The summed E-state index contributed by atoms with van der Waals surface area (Å²) in [5.41, 5.74) is 0.932. The highest BCUT2D eigenvalue weighted by Crippen LogP contribution is 2.26. The Morgan fingerprint density at radius 3 is 2.62 bits per heavy atom. The number of rotatable bonds is 3. The molecule has 0 aromatic heterocycles. The first-order chi connectivity index (χ1) is 6.15. The minimum Gasteiger partial charge on any atom is -0.494 e. The van der Waals surface area contributed by atoms with Gasteiger partial charge in [-0.2, -0.15) is 0 Å². The monoisotopic (exact) mass is 182 g/mol. The molecule has 0 radical (unpaired) electrons. The van der Waals surface area contributed by atoms with E-state index >= 15 is 0 Å². The second-order valence-corrected chi connectivity index (χ2v) is 3.27. The number of halogens is 1. The van der Waals surface area contributed by atoms with Crippen molar-refractivity contribution in [2.45, 2.75) is 26.7 Å². The largest absolute Gasteiger partial charge is 0.494 e. The fourth-order valence-corrected chi connectivity index (χ4v) is 1.26. The molecule has 1 rings (SSSR count). The van der Waals surface area contributed by atoms with Gasteiger partial charge in [-0.1, -0.05) is 13.8 Å². The minimum absolute atomic E-state index is 0.202. The van der Waals surface area contributed by atoms with Crippen LogP contribution in [0.1, 0.15) is 32.3 Å². The first-order valence-electron chi connectivity index (χ1n) is 4.57. The van der Waals surface area contributed by atoms with Crippen LogP contribution in [0.2, 0.25) is 0 Å². The third-order valence-corrected chi connectivity index (χ3v) is 1.89. The first-order valence-corrected chi connectivity index (χ1v) is 4.57. The standard InChI is InChI=1S/C11H15FO/c1-4-13-11-6-5-9(12)7-10(11)8(2)3/h5-8H,4H2,1-3H3. The molecule has 0 aliphatic heterocycles. The van der Waals surface area contributed by atoms with E-state index in [4.69, 9.17) is 4.74 Å². The van der Waals surface area contributed by atoms with E-state index in [1.165, 1.54) is 12.1 Å². The normalized spacial score (nSPS) is 10.5. The van der Waals surface area contributed by atoms with Gasteiger partial charge in [-0.15, -0.1) is 0 Å². The average Bonchev–Trinajstić information content (AvgIpc) is 2.08. The van der Waals surface area contributed by atoms with E-state index in [0.29, 0.717) is 6.61 Å². The van der Waals surface area contributed by atoms with E-state index in [-0.39, 0.29) is 11.7 Å². The molecule has 0 saturated heterocycles. The van der Waals surface area contributed by atoms with Gasteiger partial charge in [0.15, 0.2) is 0 Å². The second kappa shape index (κ2) is 4.26. The van der Waals surface area contributed by atoms with Crippen LogP contribution >= 0.6 is 0 Å². The zero-order valence-electron chi connectivity index (χ0n) is 8.30. The third kappa shape index (κ3) is 2.44. The highest BCUT2D eigenvalue weighted by molar-refractivity contribution is 5.36. The maximum Gasteiger partial charge on any atom is 0.123 e. The van der Waals surface area contributed by atoms with Crippen LogP contribution in [0.25, 0.3) is 0 Å². The molecule has 1 aromatic carbocycles. The number of hydrogen-bond donors (Lipinski definition) is 0. The zero-order valence-corrected chi connectivity index (χ0v) is 8.30. The van der Waals surface area contributed by atoms with Crippen molar-refractivity contribution in [1.82, 2.24) is 0 Å². The van der Waals surface area contributed by atoms with Crippen molar-refractivity contribution >= 4 is 0 Å². The summed E-state index contributed by atoms with van der Waals surface area (Å²) in [6, 6.07) is 4.65. The van der Waals surface area contributed by atoms with Crippen molar-refractivity contribution < 1.29 is 9.13 Å². The van der Waals surface area contributed by atoms with Crippen molar-refractivity contribution in [2.75, 3.05) is 6.61 Å². The van der Waals surface area contributed by atoms with Crippen LogP contribution in [0.5, 0.6) is 5.75 Å². The Kier molecular flexibility index (Phi) is 3.29. The lowest BCUT2D eigenvalue weighted by atomic mass is 10.0. The molecule has 0 spiro atoms. The molecule has 1 nitrogen and oxygen atoms in total. The highest BCUT2D eigenvalue weighted by Gasteiger charge is 2.08. The van der Waals surface area contributed by atoms with E-state index in [0.717, 1.165) is 11.3 Å². The van der Waals surface area contributed by atoms with Gasteiger partial charge in [-0.25, -0.2) is 4.39 Å². The summed E-state index contributed by atoms with van der Waals surface area (Å²) in [4.78, 5) is 0. The molecular weight excluding hydrogens is 167 g/mol. The van der Waals surface area contributed by atoms with Gasteiger partial charge in [0.05, 0.1) is 6.61 Å². The van der Waals surface area contributed by atoms with Gasteiger partial charge >= 0.3 is 0 Å². The first kappa shape index (κ1) is 10.0. The summed E-state index contributed by atoms with van der Waals surface area (Å²) in [6.45, 7) is 6.59. The van der Waals surface area contributed by atoms with Crippen LogP contribution in [0.15, 0.2) is 18.2 Å². The summed E-state index contributed by atoms with van der Waals surface area (Å²) in [6.07, 6.45) is 0. The summed E-state index contributed by atoms with van der Waals surface area (Å²) >= 11 is 0. The second-order valence-electron chi connectivity index (χ2n) is 3.27. The molecule has 0 amide bonds. The molecule has 0 N–H and O–H groups in total. The molecule has 0 unspecified atom stereocenters. The summed E-state index contributed by atoms with van der Waals surface area (Å²) in [5.74, 6) is 0.878. The molecule has 1 aromatic rings. The highest BCUT2D eigenvalue weighted by atomic mass is 19.1. The van der Waals surface area contributed by atoms with Crippen molar-refractivity contribution in [1.29, 1.82) is 0 Å². The Hall–Kier alpha value is -1.05. The minimum atomic E-state index is -0.202. The smallest absolute Gasteiger partial charge is 0.123 e. The predicted octanol–water partition coefficient (Wildman–Crippen LogP) is 3.35. The van der Waals surface area contributed by atoms with Crippen molar-refractivity contribution in [3.8, 4) is 5.75 Å². The van der Waals surface area contributed by atoms with Crippen molar-refractivity contribution in [3.63, 3.8) is 0 Å². The zero-order chi connectivity index (χ0) is 9.84. The third-order valence-electron chi connectivity index (χ3n) is 1.89. The molecule has 0 atom stereocenters. The topological polar surface area (TPSA) is 9.23 Å². The molecule has 13 heavy (non-hydrogen) atoms. The molecule has 72 valence electrons. The van der Waals surface area contributed by atoms with Crippen LogP contribution in [0, 0.1) is 5.82 Å². The molecule has 0 heterocycles. The van der Waals surface area contributed by atoms with Crippen LogP contribution in [0.3, 0.4) is 0 Å². The maximum atomic E-state index is 12.9. The van der Waals surface area contributed by atoms with Gasteiger partial charge in [0.2, 0.25) is 0 Å². The van der Waals surface area contributed by atoms with Gasteiger partial charge in [-0.05, 0) is 36.6 Å². The van der Waals surface area contributed by atoms with Gasteiger partial charge < -0.3 is 4.74 Å². The Labute approximate surface area is 78.5 Å². The Morgan fingerprint density at radius 2 is 2.08 bits per heavy atom. The maximum absolute atomic E-state index is 12.9. The van der Waals surface area contributed by atoms with E-state index in [9.17, 15) is 4.39 Å². The van der Waals surface area contributed by atoms with Gasteiger partial charge in [-0.3, -0.25) is 0 Å². The van der Waals surface area contributed by atoms with E-state index in [2.05, 4.69) is 0 Å². The van der Waals surface area contributed by atoms with Gasteiger partial charge in [0.25, 0.3) is 0 Å². The molecule has 2 heteroatoms. The number of benzene rings is 1. The number of hydrogen-bond acceptors (Lipinski definition) is 1. The van der Waals surface area contributed by atoms with Crippen molar-refractivity contribution in [3.05, 3.63) is 29.6 Å². The SMILES string of the molecule is CCOc1ccc(F)cc1C(C)C. The summed E-state index contributed by atoms with van der Waals surface area (Å²) in [5, 5.41) is 0. The van der Waals surface area contributed by atoms with Crippen LogP contribution in [-0.2, 0) is 0 Å². The van der Waals surface area contributed by atoms with Gasteiger partial charge in [0, 0.05) is 0 Å².